The highest BCUT2D eigenvalue weighted by Gasteiger charge is 2.35. The highest BCUT2D eigenvalue weighted by Crippen LogP contribution is 2.38. The molecule has 2 aromatic heterocycles. The second-order valence-electron chi connectivity index (χ2n) is 7.76. The molecular formula is C25H22N6O3. The molecule has 4 aromatic rings. The number of rotatable bonds is 5. The molecule has 1 unspecified atom stereocenters. The molecule has 0 saturated carbocycles. The maximum Gasteiger partial charge on any atom is 0.255 e. The number of nitrogens with zero attached hydrogens (tertiary/aromatic N) is 4. The number of anilines is 2. The van der Waals surface area contributed by atoms with E-state index < -0.39 is 6.04 Å². The predicted molar refractivity (Wildman–Crippen MR) is 127 cm³/mol. The first-order valence-corrected chi connectivity index (χ1v) is 10.6. The molecule has 9 nitrogen and oxygen atoms in total. The number of pyridine rings is 1. The van der Waals surface area contributed by atoms with Crippen LogP contribution >= 0.6 is 0 Å². The molecule has 1 aliphatic rings. The SMILES string of the molecule is COc1ccccc1-c1nc2n(n1)C(c1cccc(O)c1)C(C(=O)Nc1cccnc1)=C(C)N2. The zero-order valence-corrected chi connectivity index (χ0v) is 18.6. The Kier molecular flexibility index (Phi) is 5.43. The Balaban J connectivity index is 1.63. The van der Waals surface area contributed by atoms with Crippen LogP contribution in [0.3, 0.4) is 0 Å². The molecule has 9 heteroatoms. The Labute approximate surface area is 195 Å². The van der Waals surface area contributed by atoms with E-state index in [9.17, 15) is 9.90 Å². The number of amides is 1. The van der Waals surface area contributed by atoms with E-state index in [0.29, 0.717) is 40.0 Å². The van der Waals surface area contributed by atoms with Gasteiger partial charge in [0.15, 0.2) is 5.82 Å². The van der Waals surface area contributed by atoms with Crippen LogP contribution in [0.2, 0.25) is 0 Å². The van der Waals surface area contributed by atoms with Crippen molar-refractivity contribution in [2.75, 3.05) is 17.7 Å². The minimum atomic E-state index is -0.629. The van der Waals surface area contributed by atoms with Crippen LogP contribution in [0.25, 0.3) is 11.4 Å². The Morgan fingerprint density at radius 1 is 1.15 bits per heavy atom. The molecular weight excluding hydrogens is 432 g/mol. The number of carbonyl (C=O) groups excluding carboxylic acids is 1. The lowest BCUT2D eigenvalue weighted by atomic mass is 9.95. The standard InChI is InChI=1S/C25H22N6O3/c1-15-21(24(33)28-17-8-6-12-26-14-17)22(16-7-5-9-18(32)13-16)31-25(27-15)29-23(30-31)19-10-3-4-11-20(19)34-2/h3-14,22,32H,1-2H3,(H,28,33)(H,27,29,30). The molecule has 1 atom stereocenters. The molecule has 1 aliphatic heterocycles. The average Bonchev–Trinajstić information content (AvgIpc) is 3.27. The first-order chi connectivity index (χ1) is 16.5. The van der Waals surface area contributed by atoms with Crippen molar-refractivity contribution in [3.8, 4) is 22.9 Å². The molecule has 2 aromatic carbocycles. The minimum Gasteiger partial charge on any atom is -0.508 e. The Hall–Kier alpha value is -4.66. The predicted octanol–water partition coefficient (Wildman–Crippen LogP) is 3.98. The molecule has 0 radical (unpaired) electrons. The van der Waals surface area contributed by atoms with Crippen molar-refractivity contribution in [3.05, 3.63) is 89.9 Å². The van der Waals surface area contributed by atoms with E-state index >= 15 is 0 Å². The molecule has 0 spiro atoms. The fourth-order valence-electron chi connectivity index (χ4n) is 4.03. The topological polar surface area (TPSA) is 114 Å². The molecule has 0 saturated heterocycles. The second-order valence-corrected chi connectivity index (χ2v) is 7.76. The van der Waals surface area contributed by atoms with Crippen molar-refractivity contribution in [3.63, 3.8) is 0 Å². The van der Waals surface area contributed by atoms with E-state index in [1.165, 1.54) is 0 Å². The maximum absolute atomic E-state index is 13.5. The summed E-state index contributed by atoms with van der Waals surface area (Å²) in [5.41, 5.74) is 3.05. The summed E-state index contributed by atoms with van der Waals surface area (Å²) in [6, 6.07) is 17.1. The van der Waals surface area contributed by atoms with Gasteiger partial charge in [-0.3, -0.25) is 9.78 Å². The summed E-state index contributed by atoms with van der Waals surface area (Å²) >= 11 is 0. The van der Waals surface area contributed by atoms with Crippen LogP contribution in [0.5, 0.6) is 11.5 Å². The summed E-state index contributed by atoms with van der Waals surface area (Å²) in [5, 5.41) is 21.0. The number of nitrogens with one attached hydrogen (secondary N) is 2. The van der Waals surface area contributed by atoms with Gasteiger partial charge in [0.2, 0.25) is 5.95 Å². The molecule has 170 valence electrons. The van der Waals surface area contributed by atoms with Crippen molar-refractivity contribution in [2.45, 2.75) is 13.0 Å². The number of para-hydroxylation sites is 1. The van der Waals surface area contributed by atoms with Gasteiger partial charge in [0.05, 0.1) is 30.1 Å². The normalized spacial score (nSPS) is 14.8. The van der Waals surface area contributed by atoms with E-state index in [1.807, 2.05) is 37.3 Å². The Morgan fingerprint density at radius 2 is 2.00 bits per heavy atom. The third-order valence-corrected chi connectivity index (χ3v) is 5.55. The molecule has 5 rings (SSSR count). The van der Waals surface area contributed by atoms with E-state index in [2.05, 4.69) is 20.6 Å². The van der Waals surface area contributed by atoms with Crippen molar-refractivity contribution in [2.24, 2.45) is 0 Å². The lowest BCUT2D eigenvalue weighted by Crippen LogP contribution is -2.31. The maximum atomic E-state index is 13.5. The molecule has 3 heterocycles. The lowest BCUT2D eigenvalue weighted by molar-refractivity contribution is -0.113. The van der Waals surface area contributed by atoms with Crippen LogP contribution in [0.15, 0.2) is 84.3 Å². The number of benzene rings is 2. The largest absolute Gasteiger partial charge is 0.508 e. The average molecular weight is 454 g/mol. The highest BCUT2D eigenvalue weighted by atomic mass is 16.5. The van der Waals surface area contributed by atoms with Gasteiger partial charge in [0.25, 0.3) is 5.91 Å². The van der Waals surface area contributed by atoms with Gasteiger partial charge in [-0.25, -0.2) is 4.68 Å². The molecule has 3 N–H and O–H groups in total. The highest BCUT2D eigenvalue weighted by molar-refractivity contribution is 6.06. The molecule has 0 fully saturated rings. The number of phenols is 1. The van der Waals surface area contributed by atoms with Crippen molar-refractivity contribution in [1.82, 2.24) is 19.7 Å². The van der Waals surface area contributed by atoms with Gasteiger partial charge in [-0.2, -0.15) is 4.98 Å². The van der Waals surface area contributed by atoms with Crippen molar-refractivity contribution in [1.29, 1.82) is 0 Å². The van der Waals surface area contributed by atoms with Gasteiger partial charge < -0.3 is 20.5 Å². The summed E-state index contributed by atoms with van der Waals surface area (Å²) < 4.78 is 7.14. The number of allylic oxidation sites excluding steroid dienone is 1. The van der Waals surface area contributed by atoms with Gasteiger partial charge in [0, 0.05) is 11.9 Å². The van der Waals surface area contributed by atoms with Crippen LogP contribution in [0.4, 0.5) is 11.6 Å². The summed E-state index contributed by atoms with van der Waals surface area (Å²) in [4.78, 5) is 22.2. The van der Waals surface area contributed by atoms with Gasteiger partial charge in [0.1, 0.15) is 17.5 Å². The number of hydrogen-bond donors (Lipinski definition) is 3. The zero-order chi connectivity index (χ0) is 23.7. The van der Waals surface area contributed by atoms with Crippen LogP contribution in [-0.2, 0) is 4.79 Å². The van der Waals surface area contributed by atoms with Crippen LogP contribution in [0.1, 0.15) is 18.5 Å². The number of fused-ring (bicyclic) bond motifs is 1. The summed E-state index contributed by atoms with van der Waals surface area (Å²) in [7, 11) is 1.59. The monoisotopic (exact) mass is 454 g/mol. The second kappa shape index (κ2) is 8.70. The summed E-state index contributed by atoms with van der Waals surface area (Å²) in [6.45, 7) is 1.81. The van der Waals surface area contributed by atoms with E-state index in [4.69, 9.17) is 9.84 Å². The third kappa shape index (κ3) is 3.83. The quantitative estimate of drug-likeness (QED) is 0.418. The number of methoxy groups -OCH3 is 1. The number of phenolic OH excluding ortho intramolecular Hbond substituents is 1. The Bertz CT molecular complexity index is 1400. The summed E-state index contributed by atoms with van der Waals surface area (Å²) in [6.07, 6.45) is 3.22. The first-order valence-electron chi connectivity index (χ1n) is 10.6. The van der Waals surface area contributed by atoms with E-state index in [0.717, 1.165) is 5.56 Å². The van der Waals surface area contributed by atoms with Crippen LogP contribution in [0, 0.1) is 0 Å². The van der Waals surface area contributed by atoms with Gasteiger partial charge in [-0.1, -0.05) is 24.3 Å². The number of carbonyl (C=O) groups is 1. The number of ether oxygens (including phenoxy) is 1. The summed E-state index contributed by atoms with van der Waals surface area (Å²) in [5.74, 6) is 1.34. The first kappa shape index (κ1) is 21.2. The van der Waals surface area contributed by atoms with Crippen molar-refractivity contribution < 1.29 is 14.6 Å². The van der Waals surface area contributed by atoms with Gasteiger partial charge in [-0.15, -0.1) is 5.10 Å². The molecule has 1 amide bonds. The zero-order valence-electron chi connectivity index (χ0n) is 18.6. The van der Waals surface area contributed by atoms with Gasteiger partial charge in [-0.05, 0) is 48.9 Å². The van der Waals surface area contributed by atoms with Crippen molar-refractivity contribution >= 4 is 17.5 Å². The number of aromatic hydroxyl groups is 1. The molecule has 34 heavy (non-hydrogen) atoms. The third-order valence-electron chi connectivity index (χ3n) is 5.55. The fourth-order valence-corrected chi connectivity index (χ4v) is 4.03. The Morgan fingerprint density at radius 3 is 2.76 bits per heavy atom. The molecule has 0 bridgehead atoms. The van der Waals surface area contributed by atoms with Gasteiger partial charge >= 0.3 is 0 Å². The van der Waals surface area contributed by atoms with E-state index in [-0.39, 0.29) is 11.7 Å². The lowest BCUT2D eigenvalue weighted by Gasteiger charge is -2.28. The number of hydrogen-bond acceptors (Lipinski definition) is 7. The minimum absolute atomic E-state index is 0.0901. The van der Waals surface area contributed by atoms with E-state index in [1.54, 1.807) is 54.5 Å². The smallest absolute Gasteiger partial charge is 0.255 e. The van der Waals surface area contributed by atoms with Crippen LogP contribution < -0.4 is 15.4 Å². The number of aromatic nitrogens is 4. The van der Waals surface area contributed by atoms with Crippen LogP contribution in [-0.4, -0.2) is 37.9 Å². The fraction of sp³-hybridized carbons (Fsp3) is 0.120. The molecule has 0 aliphatic carbocycles.